The van der Waals surface area contributed by atoms with E-state index in [0.29, 0.717) is 18.8 Å². The second-order valence-electron chi connectivity index (χ2n) is 4.44. The lowest BCUT2D eigenvalue weighted by molar-refractivity contribution is -0.128. The van der Waals surface area contributed by atoms with E-state index in [9.17, 15) is 4.79 Å². The fraction of sp³-hybridized carbons (Fsp3) is 0.750. The summed E-state index contributed by atoms with van der Waals surface area (Å²) in [5.41, 5.74) is 0. The van der Waals surface area contributed by atoms with E-state index in [0.717, 1.165) is 19.4 Å². The van der Waals surface area contributed by atoms with E-state index in [1.165, 1.54) is 0 Å². The van der Waals surface area contributed by atoms with E-state index in [1.54, 1.807) is 6.08 Å². The van der Waals surface area contributed by atoms with Crippen LogP contribution in [0.3, 0.4) is 0 Å². The molecule has 1 rings (SSSR count). The summed E-state index contributed by atoms with van der Waals surface area (Å²) < 4.78 is 5.60. The molecule has 0 saturated heterocycles. The molecule has 2 atom stereocenters. The summed E-state index contributed by atoms with van der Waals surface area (Å²) in [4.78, 5) is 13.7. The molecular weight excluding hydrogens is 226 g/mol. The van der Waals surface area contributed by atoms with Gasteiger partial charge in [-0.25, -0.2) is 0 Å². The Labute approximate surface area is 104 Å². The lowest BCUT2D eigenvalue weighted by Gasteiger charge is -2.29. The largest absolute Gasteiger partial charge is 0.374 e. The molecule has 0 amide bonds. The first-order valence-corrected chi connectivity index (χ1v) is 5.53. The van der Waals surface area contributed by atoms with Gasteiger partial charge in [0, 0.05) is 18.9 Å². The molecule has 0 N–H and O–H groups in total. The molecule has 3 nitrogen and oxygen atoms in total. The molecule has 0 aromatic carbocycles. The summed E-state index contributed by atoms with van der Waals surface area (Å²) in [7, 11) is 4.00. The van der Waals surface area contributed by atoms with Crippen LogP contribution in [0.25, 0.3) is 0 Å². The Morgan fingerprint density at radius 2 is 2.25 bits per heavy atom. The molecule has 1 saturated carbocycles. The molecule has 1 aliphatic carbocycles. The van der Waals surface area contributed by atoms with Crippen molar-refractivity contribution in [3.63, 3.8) is 0 Å². The Hall–Kier alpha value is -0.380. The van der Waals surface area contributed by atoms with Crippen LogP contribution in [0.1, 0.15) is 19.3 Å². The van der Waals surface area contributed by atoms with Crippen LogP contribution in [0.4, 0.5) is 0 Å². The van der Waals surface area contributed by atoms with E-state index in [4.69, 9.17) is 4.74 Å². The third kappa shape index (κ3) is 5.10. The molecule has 0 radical (unpaired) electrons. The van der Waals surface area contributed by atoms with Crippen LogP contribution in [0.2, 0.25) is 0 Å². The zero-order chi connectivity index (χ0) is 11.3. The van der Waals surface area contributed by atoms with Crippen molar-refractivity contribution >= 4 is 18.2 Å². The van der Waals surface area contributed by atoms with Crippen molar-refractivity contribution in [3.05, 3.63) is 12.7 Å². The number of carbonyl (C=O) groups is 1. The van der Waals surface area contributed by atoms with E-state index < -0.39 is 0 Å². The molecule has 0 aromatic heterocycles. The first-order valence-electron chi connectivity index (χ1n) is 5.53. The highest BCUT2D eigenvalue weighted by Crippen LogP contribution is 2.24. The first-order chi connectivity index (χ1) is 7.13. The third-order valence-electron chi connectivity index (χ3n) is 2.75. The minimum Gasteiger partial charge on any atom is -0.374 e. The maximum atomic E-state index is 11.6. The third-order valence-corrected chi connectivity index (χ3v) is 2.75. The summed E-state index contributed by atoms with van der Waals surface area (Å²) in [6.07, 6.45) is 4.41. The number of hydrogen-bond acceptors (Lipinski definition) is 3. The smallest absolute Gasteiger partial charge is 0.137 e. The Bertz CT molecular complexity index is 229. The monoisotopic (exact) mass is 247 g/mol. The summed E-state index contributed by atoms with van der Waals surface area (Å²) in [5, 5.41) is 0. The number of ketones is 1. The van der Waals surface area contributed by atoms with Gasteiger partial charge in [0.25, 0.3) is 0 Å². The Morgan fingerprint density at radius 3 is 2.81 bits per heavy atom. The molecule has 0 bridgehead atoms. The predicted molar refractivity (Wildman–Crippen MR) is 68.1 cm³/mol. The van der Waals surface area contributed by atoms with Gasteiger partial charge in [0.2, 0.25) is 0 Å². The second-order valence-corrected chi connectivity index (χ2v) is 4.44. The van der Waals surface area contributed by atoms with Crippen LogP contribution in [-0.4, -0.2) is 44.0 Å². The van der Waals surface area contributed by atoms with Gasteiger partial charge in [-0.05, 0) is 26.9 Å². The van der Waals surface area contributed by atoms with E-state index in [1.807, 2.05) is 14.1 Å². The van der Waals surface area contributed by atoms with Crippen molar-refractivity contribution in [2.24, 2.45) is 5.92 Å². The van der Waals surface area contributed by atoms with Gasteiger partial charge < -0.3 is 9.64 Å². The van der Waals surface area contributed by atoms with Crippen molar-refractivity contribution in [1.29, 1.82) is 0 Å². The highest BCUT2D eigenvalue weighted by molar-refractivity contribution is 5.85. The molecule has 0 aromatic rings. The van der Waals surface area contributed by atoms with Gasteiger partial charge in [-0.1, -0.05) is 6.08 Å². The second kappa shape index (κ2) is 7.82. The van der Waals surface area contributed by atoms with Gasteiger partial charge in [0.15, 0.2) is 0 Å². The highest BCUT2D eigenvalue weighted by Gasteiger charge is 2.29. The Balaban J connectivity index is 0.00000225. The number of halogens is 1. The standard InChI is InChI=1S/C12H21NO2.ClH/c1-4-7-15-11-5-6-12(14)10(8-11)9-13(2)3;/h4,10-11H,1,5-9H2,2-3H3;1H. The van der Waals surface area contributed by atoms with E-state index in [-0.39, 0.29) is 24.4 Å². The first kappa shape index (κ1) is 15.6. The van der Waals surface area contributed by atoms with Gasteiger partial charge in [-0.3, -0.25) is 4.79 Å². The number of hydrogen-bond donors (Lipinski definition) is 0. The lowest BCUT2D eigenvalue weighted by Crippen LogP contribution is -2.36. The molecule has 94 valence electrons. The van der Waals surface area contributed by atoms with Crippen molar-refractivity contribution in [3.8, 4) is 0 Å². The Morgan fingerprint density at radius 1 is 1.56 bits per heavy atom. The minimum atomic E-state index is 0. The normalized spacial score (nSPS) is 25.3. The predicted octanol–water partition coefficient (Wildman–Crippen LogP) is 1.91. The van der Waals surface area contributed by atoms with Crippen molar-refractivity contribution in [1.82, 2.24) is 4.90 Å². The molecule has 0 spiro atoms. The van der Waals surface area contributed by atoms with Crippen LogP contribution in [0, 0.1) is 5.92 Å². The highest BCUT2D eigenvalue weighted by atomic mass is 35.5. The maximum absolute atomic E-state index is 11.6. The molecule has 1 aliphatic rings. The number of rotatable bonds is 5. The maximum Gasteiger partial charge on any atom is 0.137 e. The van der Waals surface area contributed by atoms with Gasteiger partial charge in [0.1, 0.15) is 5.78 Å². The zero-order valence-corrected chi connectivity index (χ0v) is 11.0. The zero-order valence-electron chi connectivity index (χ0n) is 10.1. The number of nitrogens with zero attached hydrogens (tertiary/aromatic N) is 1. The summed E-state index contributed by atoms with van der Waals surface area (Å²) in [6.45, 7) is 5.06. The summed E-state index contributed by atoms with van der Waals surface area (Å²) >= 11 is 0. The van der Waals surface area contributed by atoms with Crippen LogP contribution in [-0.2, 0) is 9.53 Å². The lowest BCUT2D eigenvalue weighted by atomic mass is 9.85. The summed E-state index contributed by atoms with van der Waals surface area (Å²) in [6, 6.07) is 0. The molecule has 16 heavy (non-hydrogen) atoms. The fourth-order valence-corrected chi connectivity index (χ4v) is 2.05. The quantitative estimate of drug-likeness (QED) is 0.695. The van der Waals surface area contributed by atoms with Gasteiger partial charge >= 0.3 is 0 Å². The number of carbonyl (C=O) groups excluding carboxylic acids is 1. The van der Waals surface area contributed by atoms with Crippen molar-refractivity contribution < 1.29 is 9.53 Å². The van der Waals surface area contributed by atoms with Crippen LogP contribution in [0.5, 0.6) is 0 Å². The number of ether oxygens (including phenoxy) is 1. The molecule has 0 heterocycles. The van der Waals surface area contributed by atoms with E-state index in [2.05, 4.69) is 11.5 Å². The van der Waals surface area contributed by atoms with Crippen LogP contribution >= 0.6 is 12.4 Å². The number of Topliss-reactive ketones (excluding diaryl/α,β-unsaturated/α-hetero) is 1. The molecule has 2 unspecified atom stereocenters. The molecule has 4 heteroatoms. The SMILES string of the molecule is C=CCOC1CCC(=O)C(CN(C)C)C1.Cl. The molecule has 0 aliphatic heterocycles. The van der Waals surface area contributed by atoms with Crippen LogP contribution < -0.4 is 0 Å². The van der Waals surface area contributed by atoms with Gasteiger partial charge in [-0.15, -0.1) is 19.0 Å². The topological polar surface area (TPSA) is 29.5 Å². The molecule has 1 fully saturated rings. The van der Waals surface area contributed by atoms with E-state index >= 15 is 0 Å². The summed E-state index contributed by atoms with van der Waals surface area (Å²) in [5.74, 6) is 0.547. The van der Waals surface area contributed by atoms with Crippen molar-refractivity contribution in [2.75, 3.05) is 27.2 Å². The minimum absolute atomic E-state index is 0. The van der Waals surface area contributed by atoms with Crippen molar-refractivity contribution in [2.45, 2.75) is 25.4 Å². The fourth-order valence-electron chi connectivity index (χ4n) is 2.05. The molecular formula is C12H22ClNO2. The van der Waals surface area contributed by atoms with Gasteiger partial charge in [0.05, 0.1) is 12.7 Å². The average Bonchev–Trinajstić information content (AvgIpc) is 2.18. The van der Waals surface area contributed by atoms with Crippen LogP contribution in [0.15, 0.2) is 12.7 Å². The Kier molecular flexibility index (Phi) is 7.64. The average molecular weight is 248 g/mol. The van der Waals surface area contributed by atoms with Gasteiger partial charge in [-0.2, -0.15) is 0 Å².